The van der Waals surface area contributed by atoms with Gasteiger partial charge in [0, 0.05) is 57.4 Å². The lowest BCUT2D eigenvalue weighted by Gasteiger charge is -2.35. The fourth-order valence-electron chi connectivity index (χ4n) is 5.67. The molecule has 0 radical (unpaired) electrons. The van der Waals surface area contributed by atoms with Gasteiger partial charge in [0.2, 0.25) is 16.9 Å². The van der Waals surface area contributed by atoms with Gasteiger partial charge in [-0.15, -0.1) is 0 Å². The van der Waals surface area contributed by atoms with E-state index in [2.05, 4.69) is 44.4 Å². The first kappa shape index (κ1) is 27.7. The minimum Gasteiger partial charge on any atom is -0.378 e. The molecule has 4 aliphatic rings. The quantitative estimate of drug-likeness (QED) is 0.357. The number of nitrogens with zero attached hydrogens (tertiary/aromatic N) is 4. The Kier molecular flexibility index (Phi) is 9.55. The van der Waals surface area contributed by atoms with Crippen LogP contribution in [0.3, 0.4) is 0 Å². The van der Waals surface area contributed by atoms with Gasteiger partial charge in [-0.1, -0.05) is 36.8 Å². The summed E-state index contributed by atoms with van der Waals surface area (Å²) in [6, 6.07) is 10.8. The molecule has 1 unspecified atom stereocenters. The number of fused-ring (bicyclic) bond motifs is 1. The fraction of sp³-hybridized carbons (Fsp3) is 0.533. The Morgan fingerprint density at radius 3 is 2.56 bits per heavy atom. The lowest BCUT2D eigenvalue weighted by Crippen LogP contribution is -2.47. The van der Waals surface area contributed by atoms with E-state index in [0.717, 1.165) is 76.2 Å². The van der Waals surface area contributed by atoms with Gasteiger partial charge in [-0.05, 0) is 61.7 Å². The Labute approximate surface area is 236 Å². The SMILES string of the molecule is O=C(CCCCCN1C(=O)C2C=C(N3CCOCC3)C=CC2=NC1=S)NC1CCN(Cc2ccccc2)CC1. The normalized spacial score (nSPS) is 22.4. The zero-order chi connectivity index (χ0) is 27.0. The summed E-state index contributed by atoms with van der Waals surface area (Å²) >= 11 is 5.45. The van der Waals surface area contributed by atoms with Crippen molar-refractivity contribution in [3.05, 3.63) is 59.8 Å². The molecule has 1 atom stereocenters. The third kappa shape index (κ3) is 7.41. The van der Waals surface area contributed by atoms with E-state index in [4.69, 9.17) is 17.0 Å². The number of nitrogens with one attached hydrogen (secondary N) is 1. The molecule has 1 N–H and O–H groups in total. The number of hydrogen-bond donors (Lipinski definition) is 1. The molecule has 1 aliphatic carbocycles. The summed E-state index contributed by atoms with van der Waals surface area (Å²) in [5.41, 5.74) is 3.11. The Morgan fingerprint density at radius 1 is 1.03 bits per heavy atom. The molecule has 2 amide bonds. The number of ether oxygens (including phenoxy) is 1. The van der Waals surface area contributed by atoms with Crippen molar-refractivity contribution in [1.82, 2.24) is 20.0 Å². The number of likely N-dealkylation sites (tertiary alicyclic amines) is 1. The Bertz CT molecular complexity index is 1120. The van der Waals surface area contributed by atoms with Crippen LogP contribution in [0.15, 0.2) is 59.2 Å². The van der Waals surface area contributed by atoms with Crippen LogP contribution >= 0.6 is 12.2 Å². The van der Waals surface area contributed by atoms with Crippen LogP contribution in [-0.2, 0) is 20.9 Å². The molecule has 2 fully saturated rings. The number of morpholine rings is 1. The number of amides is 2. The Balaban J connectivity index is 0.996. The Hall–Kier alpha value is -2.88. The highest BCUT2D eigenvalue weighted by Crippen LogP contribution is 2.25. The molecule has 0 bridgehead atoms. The van der Waals surface area contributed by atoms with Crippen LogP contribution in [0.25, 0.3) is 0 Å². The second-order valence-electron chi connectivity index (χ2n) is 10.7. The van der Waals surface area contributed by atoms with Crippen molar-refractivity contribution in [2.45, 2.75) is 51.1 Å². The van der Waals surface area contributed by atoms with Crippen LogP contribution in [0.2, 0.25) is 0 Å². The molecule has 8 nitrogen and oxygen atoms in total. The molecule has 3 aliphatic heterocycles. The highest BCUT2D eigenvalue weighted by Gasteiger charge is 2.35. The smallest absolute Gasteiger partial charge is 0.241 e. The van der Waals surface area contributed by atoms with Crippen molar-refractivity contribution in [2.75, 3.05) is 45.9 Å². The second-order valence-corrected chi connectivity index (χ2v) is 11.1. The summed E-state index contributed by atoms with van der Waals surface area (Å²) < 4.78 is 5.45. The molecule has 0 saturated carbocycles. The number of rotatable bonds is 10. The topological polar surface area (TPSA) is 77.5 Å². The van der Waals surface area contributed by atoms with Crippen LogP contribution in [0.4, 0.5) is 0 Å². The van der Waals surface area contributed by atoms with Crippen LogP contribution < -0.4 is 5.32 Å². The summed E-state index contributed by atoms with van der Waals surface area (Å²) in [5, 5.41) is 3.57. The predicted molar refractivity (Wildman–Crippen MR) is 156 cm³/mol. The molecule has 0 spiro atoms. The number of carbonyl (C=O) groups excluding carboxylic acids is 2. The average molecular weight is 550 g/mol. The standard InChI is InChI=1S/C30H39N5O3S/c36-28(31-24-12-15-33(16-13-24)22-23-7-3-1-4-8-23)9-5-2-6-14-35-29(37)26-21-25(34-17-19-38-20-18-34)10-11-27(26)32-30(35)39/h1,3-4,7-8,10-11,21,24,26H,2,5-6,9,12-20,22H2,(H,31,36). The molecule has 208 valence electrons. The van der Waals surface area contributed by atoms with Crippen molar-refractivity contribution in [1.29, 1.82) is 0 Å². The molecule has 39 heavy (non-hydrogen) atoms. The molecule has 9 heteroatoms. The number of allylic oxidation sites excluding steroid dienone is 2. The van der Waals surface area contributed by atoms with Gasteiger partial charge >= 0.3 is 0 Å². The van der Waals surface area contributed by atoms with E-state index in [1.165, 1.54) is 5.56 Å². The number of unbranched alkanes of at least 4 members (excludes halogenated alkanes) is 2. The molecule has 5 rings (SSSR count). The zero-order valence-corrected chi connectivity index (χ0v) is 23.4. The van der Waals surface area contributed by atoms with Gasteiger partial charge in [-0.25, -0.2) is 4.99 Å². The number of thiocarbonyl (C=S) groups is 1. The van der Waals surface area contributed by atoms with Crippen LogP contribution in [0, 0.1) is 5.92 Å². The molecule has 0 aromatic heterocycles. The van der Waals surface area contributed by atoms with E-state index in [1.807, 2.05) is 24.3 Å². The first-order valence-electron chi connectivity index (χ1n) is 14.3. The predicted octanol–water partition coefficient (Wildman–Crippen LogP) is 3.30. The largest absolute Gasteiger partial charge is 0.378 e. The van der Waals surface area contributed by atoms with E-state index in [-0.39, 0.29) is 23.8 Å². The summed E-state index contributed by atoms with van der Waals surface area (Å²) in [5.74, 6) is -0.258. The van der Waals surface area contributed by atoms with Crippen molar-refractivity contribution in [3.63, 3.8) is 0 Å². The van der Waals surface area contributed by atoms with Gasteiger partial charge in [0.25, 0.3) is 0 Å². The maximum atomic E-state index is 13.3. The minimum atomic E-state index is -0.385. The van der Waals surface area contributed by atoms with Gasteiger partial charge < -0.3 is 15.0 Å². The van der Waals surface area contributed by atoms with Crippen molar-refractivity contribution >= 4 is 34.9 Å². The molecule has 3 heterocycles. The average Bonchev–Trinajstić information content (AvgIpc) is 2.96. The first-order valence-corrected chi connectivity index (χ1v) is 14.7. The van der Waals surface area contributed by atoms with Gasteiger partial charge in [-0.3, -0.25) is 19.4 Å². The molecular weight excluding hydrogens is 510 g/mol. The number of hydrogen-bond acceptors (Lipinski definition) is 6. The molecule has 1 aromatic carbocycles. The monoisotopic (exact) mass is 549 g/mol. The number of carbonyl (C=O) groups is 2. The van der Waals surface area contributed by atoms with Gasteiger partial charge in [-0.2, -0.15) is 0 Å². The molecule has 1 aromatic rings. The van der Waals surface area contributed by atoms with E-state index >= 15 is 0 Å². The summed E-state index contributed by atoms with van der Waals surface area (Å²) in [6.07, 6.45) is 10.9. The highest BCUT2D eigenvalue weighted by molar-refractivity contribution is 7.80. The zero-order valence-electron chi connectivity index (χ0n) is 22.6. The fourth-order valence-corrected chi connectivity index (χ4v) is 5.96. The lowest BCUT2D eigenvalue weighted by atomic mass is 9.93. The maximum Gasteiger partial charge on any atom is 0.241 e. The minimum absolute atomic E-state index is 0.00328. The molecule has 2 saturated heterocycles. The van der Waals surface area contributed by atoms with Crippen molar-refractivity contribution in [3.8, 4) is 0 Å². The first-order chi connectivity index (χ1) is 19.1. The third-order valence-electron chi connectivity index (χ3n) is 7.93. The maximum absolute atomic E-state index is 13.3. The number of benzene rings is 1. The van der Waals surface area contributed by atoms with Gasteiger partial charge in [0.05, 0.1) is 18.9 Å². The van der Waals surface area contributed by atoms with Crippen LogP contribution in [0.1, 0.15) is 44.1 Å². The summed E-state index contributed by atoms with van der Waals surface area (Å²) in [7, 11) is 0. The lowest BCUT2D eigenvalue weighted by molar-refractivity contribution is -0.128. The van der Waals surface area contributed by atoms with E-state index in [9.17, 15) is 9.59 Å². The van der Waals surface area contributed by atoms with Gasteiger partial charge in [0.1, 0.15) is 5.92 Å². The molecular formula is C30H39N5O3S. The van der Waals surface area contributed by atoms with Gasteiger partial charge in [0.15, 0.2) is 0 Å². The Morgan fingerprint density at radius 2 is 1.79 bits per heavy atom. The number of aliphatic imine (C=N–C) groups is 1. The summed E-state index contributed by atoms with van der Waals surface area (Å²) in [4.78, 5) is 36.7. The van der Waals surface area contributed by atoms with E-state index < -0.39 is 0 Å². The summed E-state index contributed by atoms with van der Waals surface area (Å²) in [6.45, 7) is 6.58. The van der Waals surface area contributed by atoms with E-state index in [1.54, 1.807) is 4.90 Å². The van der Waals surface area contributed by atoms with E-state index in [0.29, 0.717) is 31.3 Å². The number of piperidine rings is 1. The van der Waals surface area contributed by atoms with Crippen molar-refractivity contribution in [2.24, 2.45) is 10.9 Å². The highest BCUT2D eigenvalue weighted by atomic mass is 32.1. The van der Waals surface area contributed by atoms with Crippen molar-refractivity contribution < 1.29 is 14.3 Å². The van der Waals surface area contributed by atoms with Crippen LogP contribution in [-0.4, -0.2) is 89.3 Å². The van der Waals surface area contributed by atoms with Crippen LogP contribution in [0.5, 0.6) is 0 Å². The third-order valence-corrected chi connectivity index (χ3v) is 8.24. The second kappa shape index (κ2) is 13.5.